The monoisotopic (exact) mass is 288 g/mol. The Bertz CT molecular complexity index is 571. The van der Waals surface area contributed by atoms with Gasteiger partial charge in [0.05, 0.1) is 19.0 Å². The van der Waals surface area contributed by atoms with Gasteiger partial charge in [-0.25, -0.2) is 4.39 Å². The van der Waals surface area contributed by atoms with Crippen LogP contribution in [0.15, 0.2) is 42.6 Å². The van der Waals surface area contributed by atoms with E-state index >= 15 is 0 Å². The van der Waals surface area contributed by atoms with Crippen LogP contribution in [-0.2, 0) is 0 Å². The van der Waals surface area contributed by atoms with Crippen LogP contribution in [0.4, 0.5) is 4.39 Å². The summed E-state index contributed by atoms with van der Waals surface area (Å²) in [6, 6.07) is 11.4. The van der Waals surface area contributed by atoms with E-state index in [1.165, 1.54) is 12.3 Å². The Morgan fingerprint density at radius 2 is 2.10 bits per heavy atom. The van der Waals surface area contributed by atoms with E-state index in [1.54, 1.807) is 13.2 Å². The van der Waals surface area contributed by atoms with Crippen LogP contribution >= 0.6 is 0 Å². The average Bonchev–Trinajstić information content (AvgIpc) is 2.53. The number of halogens is 1. The SMILES string of the molecule is CCC(N[C@H](C)c1cccc(OC)c1)c1ccc(F)cn1. The van der Waals surface area contributed by atoms with Crippen molar-refractivity contribution in [2.45, 2.75) is 32.4 Å². The first-order valence-corrected chi connectivity index (χ1v) is 7.15. The lowest BCUT2D eigenvalue weighted by Crippen LogP contribution is -2.25. The van der Waals surface area contributed by atoms with Crippen molar-refractivity contribution in [3.05, 3.63) is 59.7 Å². The van der Waals surface area contributed by atoms with Crippen LogP contribution in [0.5, 0.6) is 5.75 Å². The van der Waals surface area contributed by atoms with Gasteiger partial charge < -0.3 is 10.1 Å². The molecule has 2 atom stereocenters. The Morgan fingerprint density at radius 1 is 1.29 bits per heavy atom. The Labute approximate surface area is 125 Å². The summed E-state index contributed by atoms with van der Waals surface area (Å²) in [5.41, 5.74) is 2.00. The molecule has 1 unspecified atom stereocenters. The Kier molecular flexibility index (Phi) is 5.28. The van der Waals surface area contributed by atoms with E-state index in [0.29, 0.717) is 0 Å². The maximum atomic E-state index is 13.0. The quantitative estimate of drug-likeness (QED) is 0.871. The lowest BCUT2D eigenvalue weighted by atomic mass is 10.0. The van der Waals surface area contributed by atoms with Gasteiger partial charge in [0.15, 0.2) is 0 Å². The van der Waals surface area contributed by atoms with Gasteiger partial charge in [-0.05, 0) is 43.2 Å². The molecule has 4 heteroatoms. The second-order valence-corrected chi connectivity index (χ2v) is 5.03. The van der Waals surface area contributed by atoms with E-state index < -0.39 is 0 Å². The van der Waals surface area contributed by atoms with Gasteiger partial charge in [-0.1, -0.05) is 19.1 Å². The second kappa shape index (κ2) is 7.18. The van der Waals surface area contributed by atoms with Crippen LogP contribution in [0.25, 0.3) is 0 Å². The fraction of sp³-hybridized carbons (Fsp3) is 0.353. The molecule has 112 valence electrons. The lowest BCUT2D eigenvalue weighted by molar-refractivity contribution is 0.410. The topological polar surface area (TPSA) is 34.1 Å². The molecule has 1 aromatic heterocycles. The lowest BCUT2D eigenvalue weighted by Gasteiger charge is -2.22. The van der Waals surface area contributed by atoms with E-state index in [4.69, 9.17) is 4.74 Å². The van der Waals surface area contributed by atoms with Crippen molar-refractivity contribution in [3.8, 4) is 5.75 Å². The highest BCUT2D eigenvalue weighted by Crippen LogP contribution is 2.23. The zero-order valence-corrected chi connectivity index (χ0v) is 12.6. The fourth-order valence-corrected chi connectivity index (χ4v) is 2.31. The van der Waals surface area contributed by atoms with Crippen LogP contribution in [-0.4, -0.2) is 12.1 Å². The molecular weight excluding hydrogens is 267 g/mol. The van der Waals surface area contributed by atoms with E-state index in [9.17, 15) is 4.39 Å². The molecule has 0 radical (unpaired) electrons. The number of ether oxygens (including phenoxy) is 1. The van der Waals surface area contributed by atoms with Gasteiger partial charge in [-0.3, -0.25) is 4.98 Å². The average molecular weight is 288 g/mol. The molecule has 0 aliphatic rings. The van der Waals surface area contributed by atoms with Crippen LogP contribution < -0.4 is 10.1 Å². The molecule has 3 nitrogen and oxygen atoms in total. The number of benzene rings is 1. The molecule has 0 fully saturated rings. The molecule has 0 aliphatic heterocycles. The maximum Gasteiger partial charge on any atom is 0.141 e. The summed E-state index contributed by atoms with van der Waals surface area (Å²) in [4.78, 5) is 4.17. The van der Waals surface area contributed by atoms with Gasteiger partial charge in [-0.15, -0.1) is 0 Å². The molecule has 0 aliphatic carbocycles. The number of rotatable bonds is 6. The maximum absolute atomic E-state index is 13.0. The Morgan fingerprint density at radius 3 is 2.71 bits per heavy atom. The molecule has 2 rings (SSSR count). The third-order valence-electron chi connectivity index (χ3n) is 3.56. The molecular formula is C17H21FN2O. The minimum Gasteiger partial charge on any atom is -0.497 e. The normalized spacial score (nSPS) is 13.7. The number of aromatic nitrogens is 1. The summed E-state index contributed by atoms with van der Waals surface area (Å²) in [6.07, 6.45) is 2.14. The van der Waals surface area contributed by atoms with E-state index in [-0.39, 0.29) is 17.9 Å². The van der Waals surface area contributed by atoms with Gasteiger partial charge in [0.25, 0.3) is 0 Å². The summed E-state index contributed by atoms with van der Waals surface area (Å²) < 4.78 is 18.2. The molecule has 1 N–H and O–H groups in total. The first kappa shape index (κ1) is 15.4. The molecule has 2 aromatic rings. The molecule has 0 bridgehead atoms. The highest BCUT2D eigenvalue weighted by atomic mass is 19.1. The van der Waals surface area contributed by atoms with Gasteiger partial charge in [0.2, 0.25) is 0 Å². The van der Waals surface area contributed by atoms with Gasteiger partial charge >= 0.3 is 0 Å². The van der Waals surface area contributed by atoms with Crippen molar-refractivity contribution in [3.63, 3.8) is 0 Å². The molecule has 0 amide bonds. The van der Waals surface area contributed by atoms with Crippen LogP contribution in [0.2, 0.25) is 0 Å². The van der Waals surface area contributed by atoms with Crippen molar-refractivity contribution in [1.82, 2.24) is 10.3 Å². The minimum absolute atomic E-state index is 0.0896. The van der Waals surface area contributed by atoms with E-state index in [2.05, 4.69) is 30.2 Å². The third kappa shape index (κ3) is 4.02. The fourth-order valence-electron chi connectivity index (χ4n) is 2.31. The summed E-state index contributed by atoms with van der Waals surface area (Å²) in [5.74, 6) is 0.531. The predicted octanol–water partition coefficient (Wildman–Crippen LogP) is 4.03. The van der Waals surface area contributed by atoms with E-state index in [0.717, 1.165) is 23.4 Å². The zero-order valence-electron chi connectivity index (χ0n) is 12.6. The summed E-state index contributed by atoms with van der Waals surface area (Å²) in [7, 11) is 1.66. The Hall–Kier alpha value is -1.94. The molecule has 0 saturated carbocycles. The van der Waals surface area contributed by atoms with Crippen LogP contribution in [0.3, 0.4) is 0 Å². The predicted molar refractivity (Wildman–Crippen MR) is 81.8 cm³/mol. The van der Waals surface area contributed by atoms with Crippen molar-refractivity contribution in [1.29, 1.82) is 0 Å². The minimum atomic E-state index is -0.311. The van der Waals surface area contributed by atoms with E-state index in [1.807, 2.05) is 18.2 Å². The van der Waals surface area contributed by atoms with Crippen LogP contribution in [0.1, 0.15) is 43.6 Å². The second-order valence-electron chi connectivity index (χ2n) is 5.03. The molecule has 0 saturated heterocycles. The number of nitrogens with one attached hydrogen (secondary N) is 1. The molecule has 1 aromatic carbocycles. The molecule has 1 heterocycles. The van der Waals surface area contributed by atoms with Crippen LogP contribution in [0, 0.1) is 5.82 Å². The zero-order chi connectivity index (χ0) is 15.2. The largest absolute Gasteiger partial charge is 0.497 e. The number of nitrogens with zero attached hydrogens (tertiary/aromatic N) is 1. The van der Waals surface area contributed by atoms with Gasteiger partial charge in [-0.2, -0.15) is 0 Å². The standard InChI is InChI=1S/C17H21FN2O/c1-4-16(17-9-8-14(18)11-19-17)20-12(2)13-6-5-7-15(10-13)21-3/h5-12,16,20H,4H2,1-3H3/t12-,16?/m1/s1. The number of methoxy groups -OCH3 is 1. The number of hydrogen-bond donors (Lipinski definition) is 1. The van der Waals surface area contributed by atoms with Crippen molar-refractivity contribution >= 4 is 0 Å². The highest BCUT2D eigenvalue weighted by Gasteiger charge is 2.15. The molecule has 21 heavy (non-hydrogen) atoms. The van der Waals surface area contributed by atoms with Gasteiger partial charge in [0.1, 0.15) is 11.6 Å². The smallest absolute Gasteiger partial charge is 0.141 e. The first-order valence-electron chi connectivity index (χ1n) is 7.15. The third-order valence-corrected chi connectivity index (χ3v) is 3.56. The summed E-state index contributed by atoms with van der Waals surface area (Å²) in [6.45, 7) is 4.18. The first-order chi connectivity index (χ1) is 10.1. The van der Waals surface area contributed by atoms with Crippen molar-refractivity contribution in [2.24, 2.45) is 0 Å². The summed E-state index contributed by atoms with van der Waals surface area (Å²) in [5, 5.41) is 3.53. The van der Waals surface area contributed by atoms with Crippen molar-refractivity contribution < 1.29 is 9.13 Å². The number of pyridine rings is 1. The number of hydrogen-bond acceptors (Lipinski definition) is 3. The Balaban J connectivity index is 2.11. The molecule has 0 spiro atoms. The van der Waals surface area contributed by atoms with Crippen molar-refractivity contribution in [2.75, 3.05) is 7.11 Å². The van der Waals surface area contributed by atoms with Gasteiger partial charge in [0, 0.05) is 12.1 Å². The highest BCUT2D eigenvalue weighted by molar-refractivity contribution is 5.30. The summed E-state index contributed by atoms with van der Waals surface area (Å²) >= 11 is 0.